The summed E-state index contributed by atoms with van der Waals surface area (Å²) < 4.78 is -1.09. The third-order valence-corrected chi connectivity index (χ3v) is 10.9. The smallest absolute Gasteiger partial charge is 0.247 e. The molecule has 7 nitrogen and oxygen atoms in total. The van der Waals surface area contributed by atoms with E-state index in [1.165, 1.54) is 0 Å². The highest BCUT2D eigenvalue weighted by molar-refractivity contribution is 8.02. The molecule has 0 aromatic heterocycles. The number of hydrogen-bond acceptors (Lipinski definition) is 5. The van der Waals surface area contributed by atoms with Crippen molar-refractivity contribution in [3.05, 3.63) is 25.3 Å². The van der Waals surface area contributed by atoms with Gasteiger partial charge in [0.1, 0.15) is 6.04 Å². The fraction of sp³-hybridized carbons (Fsp3) is 0.767. The predicted octanol–water partition coefficient (Wildman–Crippen LogP) is 4.11. The lowest BCUT2D eigenvalue weighted by Crippen LogP contribution is -2.58. The van der Waals surface area contributed by atoms with Crippen LogP contribution in [-0.2, 0) is 14.4 Å². The van der Waals surface area contributed by atoms with Crippen molar-refractivity contribution in [1.29, 1.82) is 0 Å². The lowest BCUT2D eigenvalue weighted by atomic mass is 9.66. The zero-order valence-corrected chi connectivity index (χ0v) is 25.0. The van der Waals surface area contributed by atoms with E-state index in [2.05, 4.69) is 27.0 Å². The molecule has 3 fully saturated rings. The van der Waals surface area contributed by atoms with E-state index in [1.54, 1.807) is 28.8 Å². The fourth-order valence-electron chi connectivity index (χ4n) is 7.08. The number of aliphatic hydroxyl groups is 1. The first-order valence-corrected chi connectivity index (χ1v) is 15.3. The highest BCUT2D eigenvalue weighted by Crippen LogP contribution is 2.72. The number of amides is 3. The number of hydrogen-bond donors (Lipinski definition) is 1. The summed E-state index contributed by atoms with van der Waals surface area (Å²) in [6.45, 7) is 19.8. The van der Waals surface area contributed by atoms with Crippen LogP contribution in [0.4, 0.5) is 0 Å². The van der Waals surface area contributed by atoms with Crippen LogP contribution in [0.5, 0.6) is 0 Å². The van der Waals surface area contributed by atoms with Crippen LogP contribution >= 0.6 is 11.8 Å². The second-order valence-corrected chi connectivity index (χ2v) is 13.7. The molecule has 2 bridgehead atoms. The SMILES string of the molecule is C=CCN(CCCCC)C(=O)C1N([C@@H](CO)C(C)C)C(=O)[C@@H]2[C@H](C(=O)N(CC=C)CCC)[C@]3(C)CCC12S3. The minimum atomic E-state index is -0.704. The summed E-state index contributed by atoms with van der Waals surface area (Å²) >= 11 is 1.70. The van der Waals surface area contributed by atoms with Gasteiger partial charge in [-0.25, -0.2) is 0 Å². The van der Waals surface area contributed by atoms with Crippen LogP contribution in [0.1, 0.15) is 73.1 Å². The normalized spacial score (nSPS) is 30.4. The molecule has 38 heavy (non-hydrogen) atoms. The Bertz CT molecular complexity index is 910. The highest BCUT2D eigenvalue weighted by Gasteiger charge is 2.78. The Morgan fingerprint density at radius 2 is 1.71 bits per heavy atom. The van der Waals surface area contributed by atoms with Crippen molar-refractivity contribution in [2.45, 2.75) is 94.7 Å². The van der Waals surface area contributed by atoms with Gasteiger partial charge in [-0.2, -0.15) is 0 Å². The molecule has 3 aliphatic rings. The fourth-order valence-corrected chi connectivity index (χ4v) is 9.41. The molecule has 3 aliphatic heterocycles. The Morgan fingerprint density at radius 3 is 2.24 bits per heavy atom. The van der Waals surface area contributed by atoms with E-state index in [1.807, 2.05) is 30.6 Å². The number of thioether (sulfide) groups is 1. The van der Waals surface area contributed by atoms with Crippen molar-refractivity contribution >= 4 is 29.5 Å². The quantitative estimate of drug-likeness (QED) is 0.247. The van der Waals surface area contributed by atoms with Crippen LogP contribution in [0.25, 0.3) is 0 Å². The van der Waals surface area contributed by atoms with Crippen LogP contribution in [0.2, 0.25) is 0 Å². The molecule has 2 unspecified atom stereocenters. The third-order valence-electron chi connectivity index (χ3n) is 8.88. The minimum absolute atomic E-state index is 0.00860. The average molecular weight is 548 g/mol. The summed E-state index contributed by atoms with van der Waals surface area (Å²) in [4.78, 5) is 48.4. The second kappa shape index (κ2) is 12.6. The van der Waals surface area contributed by atoms with Crippen LogP contribution in [-0.4, -0.2) is 91.9 Å². The highest BCUT2D eigenvalue weighted by atomic mass is 32.2. The molecule has 0 aromatic rings. The minimum Gasteiger partial charge on any atom is -0.394 e. The maximum Gasteiger partial charge on any atom is 0.247 e. The predicted molar refractivity (Wildman–Crippen MR) is 155 cm³/mol. The van der Waals surface area contributed by atoms with Gasteiger partial charge < -0.3 is 19.8 Å². The molecule has 3 rings (SSSR count). The molecule has 6 atom stereocenters. The molecule has 214 valence electrons. The second-order valence-electron chi connectivity index (χ2n) is 11.8. The van der Waals surface area contributed by atoms with Gasteiger partial charge in [-0.1, -0.05) is 52.7 Å². The number of carbonyl (C=O) groups is 3. The number of likely N-dealkylation sites (tertiary alicyclic amines) is 1. The number of nitrogens with zero attached hydrogens (tertiary/aromatic N) is 3. The van der Waals surface area contributed by atoms with Crippen molar-refractivity contribution in [3.8, 4) is 0 Å². The van der Waals surface area contributed by atoms with Crippen LogP contribution in [0.3, 0.4) is 0 Å². The zero-order chi connectivity index (χ0) is 28.3. The summed E-state index contributed by atoms with van der Waals surface area (Å²) in [7, 11) is 0. The van der Waals surface area contributed by atoms with Gasteiger partial charge in [-0.15, -0.1) is 24.9 Å². The average Bonchev–Trinajstić information content (AvgIpc) is 3.44. The third kappa shape index (κ3) is 5.19. The number of rotatable bonds is 15. The monoisotopic (exact) mass is 547 g/mol. The molecule has 0 aliphatic carbocycles. The number of fused-ring (bicyclic) bond motifs is 1. The molecule has 1 spiro atoms. The molecule has 0 aromatic carbocycles. The molecule has 3 saturated heterocycles. The van der Waals surface area contributed by atoms with E-state index in [0.717, 1.165) is 32.1 Å². The standard InChI is InChI=1S/C30H49N3O4S/c1-8-12-13-19-32(18-11-4)28(37)25-30-15-14-29(7,38-30)23(26(35)31(16-9-2)17-10-3)24(30)27(36)33(25)22(20-34)21(5)6/h9,11,21-25,34H,2,4,8,10,12-20H2,1,3,5-7H3/t22-,23+,24-,25?,29-,30?/m0/s1. The summed E-state index contributed by atoms with van der Waals surface area (Å²) in [5.41, 5.74) is 0. The summed E-state index contributed by atoms with van der Waals surface area (Å²) in [6, 6.07) is -1.19. The van der Waals surface area contributed by atoms with Crippen molar-refractivity contribution in [2.75, 3.05) is 32.8 Å². The van der Waals surface area contributed by atoms with Gasteiger partial charge in [0.2, 0.25) is 17.7 Å². The van der Waals surface area contributed by atoms with E-state index < -0.39 is 33.4 Å². The zero-order valence-electron chi connectivity index (χ0n) is 24.2. The van der Waals surface area contributed by atoms with E-state index in [0.29, 0.717) is 32.6 Å². The van der Waals surface area contributed by atoms with Crippen molar-refractivity contribution < 1.29 is 19.5 Å². The molecule has 1 N–H and O–H groups in total. The van der Waals surface area contributed by atoms with Gasteiger partial charge in [-0.05, 0) is 38.5 Å². The molecule has 3 amide bonds. The van der Waals surface area contributed by atoms with Gasteiger partial charge >= 0.3 is 0 Å². The van der Waals surface area contributed by atoms with E-state index in [4.69, 9.17) is 0 Å². The summed E-state index contributed by atoms with van der Waals surface area (Å²) in [5.74, 6) is -1.34. The van der Waals surface area contributed by atoms with Crippen molar-refractivity contribution in [3.63, 3.8) is 0 Å². The van der Waals surface area contributed by atoms with Gasteiger partial charge in [0.25, 0.3) is 0 Å². The van der Waals surface area contributed by atoms with E-state index in [-0.39, 0.29) is 30.2 Å². The topological polar surface area (TPSA) is 81.2 Å². The van der Waals surface area contributed by atoms with Crippen LogP contribution in [0.15, 0.2) is 25.3 Å². The Labute approximate surface area is 234 Å². The van der Waals surface area contributed by atoms with E-state index in [9.17, 15) is 19.5 Å². The lowest BCUT2D eigenvalue weighted by Gasteiger charge is -2.40. The van der Waals surface area contributed by atoms with Crippen LogP contribution < -0.4 is 0 Å². The molecular formula is C30H49N3O4S. The first-order valence-electron chi connectivity index (χ1n) is 14.5. The summed E-state index contributed by atoms with van der Waals surface area (Å²) in [6.07, 6.45) is 8.76. The first-order chi connectivity index (χ1) is 18.1. The lowest BCUT2D eigenvalue weighted by molar-refractivity contribution is -0.148. The van der Waals surface area contributed by atoms with E-state index >= 15 is 0 Å². The summed E-state index contributed by atoms with van der Waals surface area (Å²) in [5, 5.41) is 10.4. The van der Waals surface area contributed by atoms with Gasteiger partial charge in [0, 0.05) is 30.9 Å². The number of aliphatic hydroxyl groups excluding tert-OH is 1. The van der Waals surface area contributed by atoms with Gasteiger partial charge in [-0.3, -0.25) is 14.4 Å². The largest absolute Gasteiger partial charge is 0.394 e. The first kappa shape index (κ1) is 30.7. The van der Waals surface area contributed by atoms with Crippen molar-refractivity contribution in [1.82, 2.24) is 14.7 Å². The maximum atomic E-state index is 14.5. The van der Waals surface area contributed by atoms with Crippen LogP contribution in [0, 0.1) is 17.8 Å². The Morgan fingerprint density at radius 1 is 1.08 bits per heavy atom. The Hall–Kier alpha value is -1.80. The Kier molecular flexibility index (Phi) is 10.2. The van der Waals surface area contributed by atoms with Crippen molar-refractivity contribution in [2.24, 2.45) is 17.8 Å². The molecule has 8 heteroatoms. The number of unbranched alkanes of at least 4 members (excludes halogenated alkanes) is 2. The Balaban J connectivity index is 2.11. The molecular weight excluding hydrogens is 498 g/mol. The number of carbonyl (C=O) groups excluding carboxylic acids is 3. The molecule has 0 saturated carbocycles. The maximum absolute atomic E-state index is 14.5. The molecule has 3 heterocycles. The molecule has 0 radical (unpaired) electrons. The van der Waals surface area contributed by atoms with Gasteiger partial charge in [0.05, 0.1) is 29.2 Å². The van der Waals surface area contributed by atoms with Gasteiger partial charge in [0.15, 0.2) is 0 Å².